The normalized spacial score (nSPS) is 23.0. The molecule has 1 aliphatic rings. The predicted octanol–water partition coefficient (Wildman–Crippen LogP) is 4.21. The molecule has 1 amide bonds. The van der Waals surface area contributed by atoms with Crippen LogP contribution in [-0.2, 0) is 0 Å². The van der Waals surface area contributed by atoms with Crippen molar-refractivity contribution < 1.29 is 9.18 Å². The summed E-state index contributed by atoms with van der Waals surface area (Å²) >= 11 is 0. The van der Waals surface area contributed by atoms with Gasteiger partial charge in [0.15, 0.2) is 0 Å². The first-order chi connectivity index (χ1) is 12.5. The number of likely N-dealkylation sites (N-methyl/N-ethyl adjacent to an activating group) is 1. The molecule has 0 spiro atoms. The highest BCUT2D eigenvalue weighted by atomic mass is 19.1. The minimum absolute atomic E-state index is 0.0474. The van der Waals surface area contributed by atoms with Gasteiger partial charge in [0.1, 0.15) is 5.82 Å². The molecule has 0 saturated heterocycles. The molecule has 138 valence electrons. The minimum atomic E-state index is -0.386. The molecule has 0 unspecified atom stereocenters. The summed E-state index contributed by atoms with van der Waals surface area (Å²) in [5, 5.41) is 3.03. The van der Waals surface area contributed by atoms with Crippen molar-refractivity contribution in [2.24, 2.45) is 0 Å². The zero-order chi connectivity index (χ0) is 18.6. The lowest BCUT2D eigenvalue weighted by molar-refractivity contribution is 0.0768. The first-order valence-electron chi connectivity index (χ1n) is 9.26. The molecule has 1 fully saturated rings. The largest absolute Gasteiger partial charge is 0.350 e. The second kappa shape index (κ2) is 8.00. The number of halogens is 1. The standard InChI is InChI=1S/C22H27FN2O/c1-25(2)22(16-24-21(26)19-9-6-10-20(23)15-19)13-11-18(12-14-22)17-7-4-3-5-8-17/h3-10,15,18H,11-14,16H2,1-2H3,(H,24,26). The van der Waals surface area contributed by atoms with Crippen LogP contribution in [0.15, 0.2) is 54.6 Å². The number of rotatable bonds is 5. The van der Waals surface area contributed by atoms with Gasteiger partial charge in [0.2, 0.25) is 0 Å². The van der Waals surface area contributed by atoms with Crippen molar-refractivity contribution in [3.05, 3.63) is 71.5 Å². The number of hydrogen-bond donors (Lipinski definition) is 1. The summed E-state index contributed by atoms with van der Waals surface area (Å²) in [5.74, 6) is -0.0116. The molecule has 1 saturated carbocycles. The summed E-state index contributed by atoms with van der Waals surface area (Å²) in [6, 6.07) is 16.5. The third-order valence-corrected chi connectivity index (χ3v) is 5.80. The average Bonchev–Trinajstić information content (AvgIpc) is 2.67. The Balaban J connectivity index is 1.63. The van der Waals surface area contributed by atoms with Crippen LogP contribution in [0.2, 0.25) is 0 Å². The van der Waals surface area contributed by atoms with E-state index in [1.807, 2.05) is 0 Å². The van der Waals surface area contributed by atoms with Gasteiger partial charge in [-0.2, -0.15) is 0 Å². The Morgan fingerprint density at radius 3 is 2.42 bits per heavy atom. The van der Waals surface area contributed by atoms with E-state index in [0.717, 1.165) is 25.7 Å². The highest BCUT2D eigenvalue weighted by Crippen LogP contribution is 2.40. The molecular weight excluding hydrogens is 327 g/mol. The Bertz CT molecular complexity index is 737. The highest BCUT2D eigenvalue weighted by Gasteiger charge is 2.37. The lowest BCUT2D eigenvalue weighted by Gasteiger charge is -2.45. The number of amides is 1. The monoisotopic (exact) mass is 354 g/mol. The molecule has 0 aliphatic heterocycles. The van der Waals surface area contributed by atoms with E-state index in [-0.39, 0.29) is 17.3 Å². The maximum atomic E-state index is 13.3. The Kier molecular flexibility index (Phi) is 5.72. The first-order valence-corrected chi connectivity index (χ1v) is 9.26. The summed E-state index contributed by atoms with van der Waals surface area (Å²) < 4.78 is 13.3. The number of nitrogens with zero attached hydrogens (tertiary/aromatic N) is 1. The molecule has 0 aromatic heterocycles. The molecule has 0 bridgehead atoms. The van der Waals surface area contributed by atoms with Crippen LogP contribution in [0.25, 0.3) is 0 Å². The van der Waals surface area contributed by atoms with E-state index in [1.165, 1.54) is 17.7 Å². The summed E-state index contributed by atoms with van der Waals surface area (Å²) in [5.41, 5.74) is 1.73. The fourth-order valence-electron chi connectivity index (χ4n) is 3.97. The zero-order valence-electron chi connectivity index (χ0n) is 15.5. The highest BCUT2D eigenvalue weighted by molar-refractivity contribution is 5.94. The third kappa shape index (κ3) is 4.13. The van der Waals surface area contributed by atoms with Gasteiger partial charge in [0.25, 0.3) is 5.91 Å². The van der Waals surface area contributed by atoms with Crippen LogP contribution in [0.5, 0.6) is 0 Å². The van der Waals surface area contributed by atoms with Gasteiger partial charge in [-0.15, -0.1) is 0 Å². The van der Waals surface area contributed by atoms with Crippen molar-refractivity contribution in [1.29, 1.82) is 0 Å². The van der Waals surface area contributed by atoms with Crippen molar-refractivity contribution in [3.63, 3.8) is 0 Å². The van der Waals surface area contributed by atoms with Gasteiger partial charge in [-0.1, -0.05) is 36.4 Å². The van der Waals surface area contributed by atoms with E-state index in [0.29, 0.717) is 18.0 Å². The number of hydrogen-bond acceptors (Lipinski definition) is 2. The van der Waals surface area contributed by atoms with E-state index in [2.05, 4.69) is 54.6 Å². The van der Waals surface area contributed by atoms with Gasteiger partial charge in [0, 0.05) is 17.6 Å². The van der Waals surface area contributed by atoms with Crippen molar-refractivity contribution >= 4 is 5.91 Å². The minimum Gasteiger partial charge on any atom is -0.350 e. The number of nitrogens with one attached hydrogen (secondary N) is 1. The molecule has 1 N–H and O–H groups in total. The van der Waals surface area contributed by atoms with Crippen molar-refractivity contribution in [2.75, 3.05) is 20.6 Å². The summed E-state index contributed by atoms with van der Waals surface area (Å²) in [6.07, 6.45) is 4.28. The average molecular weight is 354 g/mol. The van der Waals surface area contributed by atoms with Gasteiger partial charge < -0.3 is 10.2 Å². The molecule has 1 aliphatic carbocycles. The van der Waals surface area contributed by atoms with E-state index >= 15 is 0 Å². The van der Waals surface area contributed by atoms with Crippen molar-refractivity contribution in [2.45, 2.75) is 37.1 Å². The number of benzene rings is 2. The Morgan fingerprint density at radius 1 is 1.12 bits per heavy atom. The van der Waals surface area contributed by atoms with Crippen LogP contribution in [0.3, 0.4) is 0 Å². The Hall–Kier alpha value is -2.20. The van der Waals surface area contributed by atoms with E-state index in [9.17, 15) is 9.18 Å². The smallest absolute Gasteiger partial charge is 0.251 e. The molecular formula is C22H27FN2O. The van der Waals surface area contributed by atoms with Gasteiger partial charge in [-0.3, -0.25) is 4.79 Å². The van der Waals surface area contributed by atoms with E-state index in [4.69, 9.17) is 0 Å². The lowest BCUT2D eigenvalue weighted by atomic mass is 9.73. The van der Waals surface area contributed by atoms with Crippen LogP contribution in [-0.4, -0.2) is 37.0 Å². The molecule has 3 rings (SSSR count). The predicted molar refractivity (Wildman–Crippen MR) is 103 cm³/mol. The second-order valence-corrected chi connectivity index (χ2v) is 7.50. The lowest BCUT2D eigenvalue weighted by Crippen LogP contribution is -2.54. The van der Waals surface area contributed by atoms with Crippen LogP contribution in [0.1, 0.15) is 47.5 Å². The summed E-state index contributed by atoms with van der Waals surface area (Å²) in [4.78, 5) is 14.6. The molecule has 0 heterocycles. The topological polar surface area (TPSA) is 32.3 Å². The maximum absolute atomic E-state index is 13.3. The molecule has 0 atom stereocenters. The van der Waals surface area contributed by atoms with E-state index in [1.54, 1.807) is 12.1 Å². The fraction of sp³-hybridized carbons (Fsp3) is 0.409. The van der Waals surface area contributed by atoms with E-state index < -0.39 is 0 Å². The number of carbonyl (C=O) groups excluding carboxylic acids is 1. The summed E-state index contributed by atoms with van der Waals surface area (Å²) in [6.45, 7) is 0.580. The van der Waals surface area contributed by atoms with Crippen LogP contribution >= 0.6 is 0 Å². The van der Waals surface area contributed by atoms with Gasteiger partial charge in [0.05, 0.1) is 0 Å². The molecule has 4 heteroatoms. The van der Waals surface area contributed by atoms with Gasteiger partial charge in [-0.25, -0.2) is 4.39 Å². The van der Waals surface area contributed by atoms with Crippen LogP contribution < -0.4 is 5.32 Å². The molecule has 2 aromatic carbocycles. The molecule has 26 heavy (non-hydrogen) atoms. The van der Waals surface area contributed by atoms with Gasteiger partial charge >= 0.3 is 0 Å². The second-order valence-electron chi connectivity index (χ2n) is 7.50. The zero-order valence-corrected chi connectivity index (χ0v) is 15.5. The molecule has 0 radical (unpaired) electrons. The summed E-state index contributed by atoms with van der Waals surface area (Å²) in [7, 11) is 4.16. The quantitative estimate of drug-likeness (QED) is 0.872. The molecule has 3 nitrogen and oxygen atoms in total. The number of carbonyl (C=O) groups is 1. The first kappa shape index (κ1) is 18.6. The Labute approximate surface area is 155 Å². The maximum Gasteiger partial charge on any atom is 0.251 e. The third-order valence-electron chi connectivity index (χ3n) is 5.80. The van der Waals surface area contributed by atoms with Crippen molar-refractivity contribution in [3.8, 4) is 0 Å². The Morgan fingerprint density at radius 2 is 1.81 bits per heavy atom. The van der Waals surface area contributed by atoms with Crippen LogP contribution in [0, 0.1) is 5.82 Å². The van der Waals surface area contributed by atoms with Gasteiger partial charge in [-0.05, 0) is 69.5 Å². The fourth-order valence-corrected chi connectivity index (χ4v) is 3.97. The van der Waals surface area contributed by atoms with Crippen LogP contribution in [0.4, 0.5) is 4.39 Å². The molecule has 2 aromatic rings. The van der Waals surface area contributed by atoms with Crippen molar-refractivity contribution in [1.82, 2.24) is 10.2 Å². The SMILES string of the molecule is CN(C)C1(CNC(=O)c2cccc(F)c2)CCC(c2ccccc2)CC1.